The molecule has 0 radical (unpaired) electrons. The van der Waals surface area contributed by atoms with Gasteiger partial charge >= 0.3 is 13.1 Å². The van der Waals surface area contributed by atoms with Crippen molar-refractivity contribution in [2.45, 2.75) is 52.4 Å². The third-order valence-electron chi connectivity index (χ3n) is 6.27. The van der Waals surface area contributed by atoms with Crippen LogP contribution < -0.4 is 14.9 Å². The highest BCUT2D eigenvalue weighted by molar-refractivity contribution is 6.62. The van der Waals surface area contributed by atoms with Gasteiger partial charge < -0.3 is 23.5 Å². The van der Waals surface area contributed by atoms with Crippen LogP contribution in [0.1, 0.15) is 50.7 Å². The zero-order valence-electron chi connectivity index (χ0n) is 20.9. The number of carbonyl (C=O) groups excluding carboxylic acids is 1. The lowest BCUT2D eigenvalue weighted by Crippen LogP contribution is -2.41. The second-order valence-electron chi connectivity index (χ2n) is 9.23. The van der Waals surface area contributed by atoms with Crippen LogP contribution in [0.25, 0.3) is 0 Å². The largest absolute Gasteiger partial charge is 0.497 e. The van der Waals surface area contributed by atoms with Gasteiger partial charge in [-0.3, -0.25) is 0 Å². The average molecular weight is 479 g/mol. The van der Waals surface area contributed by atoms with Crippen LogP contribution in [-0.2, 0) is 20.6 Å². The molecule has 1 aliphatic heterocycles. The molecule has 1 aromatic heterocycles. The first-order chi connectivity index (χ1) is 16.6. The first-order valence-corrected chi connectivity index (χ1v) is 11.5. The van der Waals surface area contributed by atoms with Crippen molar-refractivity contribution in [2.75, 3.05) is 13.7 Å². The van der Waals surface area contributed by atoms with E-state index in [0.717, 1.165) is 16.8 Å². The van der Waals surface area contributed by atoms with Gasteiger partial charge in [0.25, 0.3) is 5.88 Å². The van der Waals surface area contributed by atoms with Gasteiger partial charge in [0.2, 0.25) is 5.69 Å². The molecule has 0 aliphatic carbocycles. The maximum atomic E-state index is 12.5. The van der Waals surface area contributed by atoms with Gasteiger partial charge in [-0.1, -0.05) is 29.5 Å². The quantitative estimate of drug-likeness (QED) is 0.358. The van der Waals surface area contributed by atoms with E-state index in [4.69, 9.17) is 23.5 Å². The summed E-state index contributed by atoms with van der Waals surface area (Å²) in [5, 5.41) is 8.16. The van der Waals surface area contributed by atoms with Crippen LogP contribution in [-0.4, -0.2) is 53.0 Å². The summed E-state index contributed by atoms with van der Waals surface area (Å²) in [5.41, 5.74) is 0.955. The minimum Gasteiger partial charge on any atom is -0.497 e. The van der Waals surface area contributed by atoms with E-state index in [9.17, 15) is 4.79 Å². The number of benzene rings is 2. The number of ether oxygens (including phenoxy) is 3. The van der Waals surface area contributed by atoms with Crippen LogP contribution in [0, 0.1) is 0 Å². The van der Waals surface area contributed by atoms with Crippen LogP contribution in [0.3, 0.4) is 0 Å². The molecule has 1 aliphatic rings. The molecule has 0 saturated carbocycles. The predicted octanol–water partition coefficient (Wildman–Crippen LogP) is 3.60. The lowest BCUT2D eigenvalue weighted by Gasteiger charge is -2.32. The van der Waals surface area contributed by atoms with E-state index in [-0.39, 0.29) is 18.2 Å². The topological polar surface area (TPSA) is 93.9 Å². The van der Waals surface area contributed by atoms with Gasteiger partial charge in [0, 0.05) is 0 Å². The molecular weight excluding hydrogens is 449 g/mol. The fourth-order valence-electron chi connectivity index (χ4n) is 3.52. The molecule has 1 saturated heterocycles. The number of esters is 1. The SMILES string of the molecule is CCOC(=O)c1nnn(Cc2ccc(OC)cc2)c1Oc1ccc(B2OC(C)(C)C(C)(C)O2)cc1. The zero-order chi connectivity index (χ0) is 25.2. The highest BCUT2D eigenvalue weighted by Crippen LogP contribution is 2.36. The number of hydrogen-bond donors (Lipinski definition) is 0. The summed E-state index contributed by atoms with van der Waals surface area (Å²) in [6, 6.07) is 14.9. The standard InChI is InChI=1S/C25H30BN3O6/c1-7-32-23(30)21-22(29(28-27-21)16-17-8-12-19(31-6)13-9-17)33-20-14-10-18(11-15-20)26-34-24(2,3)25(4,5)35-26/h8-15H,7,16H2,1-6H3. The van der Waals surface area contributed by atoms with Crippen LogP contribution in [0.5, 0.6) is 17.4 Å². The van der Waals surface area contributed by atoms with E-state index < -0.39 is 24.3 Å². The first kappa shape index (κ1) is 24.7. The molecule has 3 aromatic rings. The lowest BCUT2D eigenvalue weighted by molar-refractivity contribution is 0.00578. The highest BCUT2D eigenvalue weighted by atomic mass is 16.7. The molecule has 0 amide bonds. The molecule has 2 heterocycles. The third kappa shape index (κ3) is 5.18. The van der Waals surface area contributed by atoms with E-state index in [1.165, 1.54) is 4.68 Å². The number of methoxy groups -OCH3 is 1. The van der Waals surface area contributed by atoms with Crippen molar-refractivity contribution in [3.63, 3.8) is 0 Å². The van der Waals surface area contributed by atoms with Crippen molar-refractivity contribution < 1.29 is 28.3 Å². The predicted molar refractivity (Wildman–Crippen MR) is 130 cm³/mol. The van der Waals surface area contributed by atoms with E-state index in [1.54, 1.807) is 26.2 Å². The molecular formula is C25H30BN3O6. The summed E-state index contributed by atoms with van der Waals surface area (Å²) in [5.74, 6) is 0.854. The van der Waals surface area contributed by atoms with Crippen LogP contribution in [0.4, 0.5) is 0 Å². The normalized spacial score (nSPS) is 16.2. The van der Waals surface area contributed by atoms with Crippen molar-refractivity contribution in [3.8, 4) is 17.4 Å². The number of hydrogen-bond acceptors (Lipinski definition) is 8. The van der Waals surface area contributed by atoms with Gasteiger partial charge in [0.15, 0.2) is 0 Å². The monoisotopic (exact) mass is 479 g/mol. The molecule has 0 atom stereocenters. The Hall–Kier alpha value is -3.37. The lowest BCUT2D eigenvalue weighted by atomic mass is 9.79. The summed E-state index contributed by atoms with van der Waals surface area (Å²) in [6.45, 7) is 10.3. The molecule has 0 N–H and O–H groups in total. The van der Waals surface area contributed by atoms with Crippen molar-refractivity contribution in [2.24, 2.45) is 0 Å². The Labute approximate surface area is 205 Å². The molecule has 0 spiro atoms. The Morgan fingerprint density at radius 1 is 0.971 bits per heavy atom. The van der Waals surface area contributed by atoms with Crippen molar-refractivity contribution >= 4 is 18.6 Å². The van der Waals surface area contributed by atoms with Gasteiger partial charge in [-0.2, -0.15) is 0 Å². The van der Waals surface area contributed by atoms with Crippen LogP contribution in [0.2, 0.25) is 0 Å². The molecule has 4 rings (SSSR count). The molecule has 10 heteroatoms. The van der Waals surface area contributed by atoms with Gasteiger partial charge in [-0.25, -0.2) is 9.48 Å². The number of rotatable bonds is 8. The molecule has 2 aromatic carbocycles. The zero-order valence-corrected chi connectivity index (χ0v) is 20.9. The molecule has 35 heavy (non-hydrogen) atoms. The molecule has 9 nitrogen and oxygen atoms in total. The van der Waals surface area contributed by atoms with Crippen LogP contribution in [0.15, 0.2) is 48.5 Å². The Bertz CT molecular complexity index is 1160. The molecule has 184 valence electrons. The number of aromatic nitrogens is 3. The van der Waals surface area contributed by atoms with E-state index in [1.807, 2.05) is 64.1 Å². The summed E-state index contributed by atoms with van der Waals surface area (Å²) < 4.78 is 30.2. The second-order valence-corrected chi connectivity index (χ2v) is 9.23. The molecule has 0 unspecified atom stereocenters. The number of nitrogens with zero attached hydrogens (tertiary/aromatic N) is 3. The summed E-state index contributed by atoms with van der Waals surface area (Å²) in [6.07, 6.45) is 0. The van der Waals surface area contributed by atoms with Gasteiger partial charge in [-0.05, 0) is 69.9 Å². The Morgan fingerprint density at radius 3 is 2.14 bits per heavy atom. The Kier molecular flexibility index (Phi) is 6.87. The van der Waals surface area contributed by atoms with Crippen molar-refractivity contribution in [3.05, 3.63) is 59.8 Å². The summed E-state index contributed by atoms with van der Waals surface area (Å²) >= 11 is 0. The fraction of sp³-hybridized carbons (Fsp3) is 0.400. The molecule has 0 bridgehead atoms. The van der Waals surface area contributed by atoms with Gasteiger partial charge in [0.05, 0.1) is 31.5 Å². The maximum absolute atomic E-state index is 12.5. The van der Waals surface area contributed by atoms with Crippen molar-refractivity contribution in [1.82, 2.24) is 15.0 Å². The Balaban J connectivity index is 1.57. The minimum absolute atomic E-state index is 0.00963. The summed E-state index contributed by atoms with van der Waals surface area (Å²) in [7, 11) is 1.13. The van der Waals surface area contributed by atoms with E-state index in [2.05, 4.69) is 10.3 Å². The smallest absolute Gasteiger partial charge is 0.494 e. The first-order valence-electron chi connectivity index (χ1n) is 11.5. The van der Waals surface area contributed by atoms with Crippen molar-refractivity contribution in [1.29, 1.82) is 0 Å². The maximum Gasteiger partial charge on any atom is 0.494 e. The Morgan fingerprint density at radius 2 is 1.57 bits per heavy atom. The number of carbonyl (C=O) groups is 1. The minimum atomic E-state index is -0.600. The average Bonchev–Trinajstić information content (AvgIpc) is 3.31. The third-order valence-corrected chi connectivity index (χ3v) is 6.27. The van der Waals surface area contributed by atoms with Gasteiger partial charge in [-0.15, -0.1) is 5.10 Å². The summed E-state index contributed by atoms with van der Waals surface area (Å²) in [4.78, 5) is 12.5. The van der Waals surface area contributed by atoms with Gasteiger partial charge in [0.1, 0.15) is 11.5 Å². The highest BCUT2D eigenvalue weighted by Gasteiger charge is 2.51. The second kappa shape index (κ2) is 9.71. The van der Waals surface area contributed by atoms with Crippen LogP contribution >= 0.6 is 0 Å². The molecule has 1 fully saturated rings. The van der Waals surface area contributed by atoms with E-state index >= 15 is 0 Å². The fourth-order valence-corrected chi connectivity index (χ4v) is 3.52. The van der Waals surface area contributed by atoms with E-state index in [0.29, 0.717) is 12.3 Å².